The SMILES string of the molecule is C#CCOc1ccc(OCC#C)c(N=C(C)C)c1. The Balaban J connectivity index is 3.01. The molecule has 0 radical (unpaired) electrons. The molecule has 3 nitrogen and oxygen atoms in total. The van der Waals surface area contributed by atoms with E-state index in [1.807, 2.05) is 13.8 Å². The third-order valence-electron chi connectivity index (χ3n) is 1.91. The van der Waals surface area contributed by atoms with Gasteiger partial charge in [0.25, 0.3) is 0 Å². The van der Waals surface area contributed by atoms with Gasteiger partial charge in [0, 0.05) is 11.8 Å². The van der Waals surface area contributed by atoms with E-state index in [4.69, 9.17) is 22.3 Å². The summed E-state index contributed by atoms with van der Waals surface area (Å²) in [6.07, 6.45) is 10.3. The lowest BCUT2D eigenvalue weighted by molar-refractivity contribution is 0.361. The molecule has 1 rings (SSSR count). The Morgan fingerprint density at radius 2 is 1.83 bits per heavy atom. The van der Waals surface area contributed by atoms with Gasteiger partial charge in [-0.15, -0.1) is 12.8 Å². The lowest BCUT2D eigenvalue weighted by Gasteiger charge is -2.09. The van der Waals surface area contributed by atoms with Crippen molar-refractivity contribution in [1.29, 1.82) is 0 Å². The van der Waals surface area contributed by atoms with Crippen molar-refractivity contribution in [1.82, 2.24) is 0 Å². The number of nitrogens with zero attached hydrogens (tertiary/aromatic N) is 1. The van der Waals surface area contributed by atoms with Crippen molar-refractivity contribution < 1.29 is 9.47 Å². The molecule has 18 heavy (non-hydrogen) atoms. The highest BCUT2D eigenvalue weighted by atomic mass is 16.5. The predicted octanol–water partition coefficient (Wildman–Crippen LogP) is 2.82. The maximum atomic E-state index is 5.41. The molecule has 1 aromatic carbocycles. The van der Waals surface area contributed by atoms with Crippen LogP contribution in [0.4, 0.5) is 5.69 Å². The van der Waals surface area contributed by atoms with Gasteiger partial charge in [0.05, 0.1) is 0 Å². The molecule has 0 aliphatic carbocycles. The third-order valence-corrected chi connectivity index (χ3v) is 1.91. The molecule has 0 fully saturated rings. The van der Waals surface area contributed by atoms with Crippen LogP contribution in [0.1, 0.15) is 13.8 Å². The zero-order valence-electron chi connectivity index (χ0n) is 10.6. The summed E-state index contributed by atoms with van der Waals surface area (Å²) >= 11 is 0. The Labute approximate surface area is 108 Å². The van der Waals surface area contributed by atoms with Gasteiger partial charge >= 0.3 is 0 Å². The monoisotopic (exact) mass is 241 g/mol. The Morgan fingerprint density at radius 3 is 2.44 bits per heavy atom. The molecular weight excluding hydrogens is 226 g/mol. The van der Waals surface area contributed by atoms with Gasteiger partial charge in [-0.05, 0) is 26.0 Å². The van der Waals surface area contributed by atoms with Crippen molar-refractivity contribution in [3.63, 3.8) is 0 Å². The Hall–Kier alpha value is -2.39. The molecule has 0 aliphatic rings. The number of ether oxygens (including phenoxy) is 2. The fraction of sp³-hybridized carbons (Fsp3) is 0.267. The zero-order valence-corrected chi connectivity index (χ0v) is 10.6. The maximum absolute atomic E-state index is 5.41. The second kappa shape index (κ2) is 7.04. The van der Waals surface area contributed by atoms with Crippen molar-refractivity contribution in [3.8, 4) is 36.2 Å². The summed E-state index contributed by atoms with van der Waals surface area (Å²) in [4.78, 5) is 4.37. The summed E-state index contributed by atoms with van der Waals surface area (Å²) in [7, 11) is 0. The fourth-order valence-electron chi connectivity index (χ4n) is 1.28. The number of aliphatic imine (C=N–C) groups is 1. The van der Waals surface area contributed by atoms with Gasteiger partial charge in [-0.3, -0.25) is 4.99 Å². The highest BCUT2D eigenvalue weighted by Gasteiger charge is 2.05. The first-order valence-corrected chi connectivity index (χ1v) is 5.46. The Morgan fingerprint density at radius 1 is 1.17 bits per heavy atom. The summed E-state index contributed by atoms with van der Waals surface area (Å²) < 4.78 is 10.7. The third kappa shape index (κ3) is 4.23. The standard InChI is InChI=1S/C15H15NO2/c1-5-9-17-13-7-8-15(18-10-6-2)14(11-13)16-12(3)4/h1-2,7-8,11H,9-10H2,3-4H3. The van der Waals surface area contributed by atoms with Crippen molar-refractivity contribution in [2.75, 3.05) is 13.2 Å². The smallest absolute Gasteiger partial charge is 0.148 e. The first kappa shape index (κ1) is 13.7. The van der Waals surface area contributed by atoms with Crippen LogP contribution in [0, 0.1) is 24.7 Å². The van der Waals surface area contributed by atoms with Crippen molar-refractivity contribution in [2.24, 2.45) is 4.99 Å². The van der Waals surface area contributed by atoms with Gasteiger partial charge < -0.3 is 9.47 Å². The number of hydrogen-bond acceptors (Lipinski definition) is 3. The van der Waals surface area contributed by atoms with E-state index in [1.165, 1.54) is 0 Å². The van der Waals surface area contributed by atoms with Gasteiger partial charge in [-0.2, -0.15) is 0 Å². The Kier molecular flexibility index (Phi) is 5.35. The van der Waals surface area contributed by atoms with E-state index in [-0.39, 0.29) is 13.2 Å². The van der Waals surface area contributed by atoms with Gasteiger partial charge in [-0.1, -0.05) is 11.8 Å². The quantitative estimate of drug-likeness (QED) is 0.586. The van der Waals surface area contributed by atoms with Crippen LogP contribution in [0.25, 0.3) is 0 Å². The summed E-state index contributed by atoms with van der Waals surface area (Å²) in [5.41, 5.74) is 1.59. The minimum atomic E-state index is 0.204. The zero-order chi connectivity index (χ0) is 13.4. The van der Waals surface area contributed by atoms with Gasteiger partial charge in [0.1, 0.15) is 30.4 Å². The molecule has 0 heterocycles. The molecule has 0 bridgehead atoms. The lowest BCUT2D eigenvalue weighted by Crippen LogP contribution is -1.96. The largest absolute Gasteiger partial charge is 0.481 e. The van der Waals surface area contributed by atoms with Crippen LogP contribution < -0.4 is 9.47 Å². The van der Waals surface area contributed by atoms with E-state index >= 15 is 0 Å². The van der Waals surface area contributed by atoms with Gasteiger partial charge in [0.15, 0.2) is 0 Å². The fourth-order valence-corrected chi connectivity index (χ4v) is 1.28. The minimum Gasteiger partial charge on any atom is -0.481 e. The minimum absolute atomic E-state index is 0.204. The van der Waals surface area contributed by atoms with Crippen molar-refractivity contribution >= 4 is 11.4 Å². The summed E-state index contributed by atoms with van der Waals surface area (Å²) in [5.74, 6) is 6.11. The molecule has 0 N–H and O–H groups in total. The van der Waals surface area contributed by atoms with E-state index in [0.717, 1.165) is 5.71 Å². The Bertz CT molecular complexity index is 514. The average molecular weight is 241 g/mol. The van der Waals surface area contributed by atoms with Crippen LogP contribution >= 0.6 is 0 Å². The van der Waals surface area contributed by atoms with E-state index in [0.29, 0.717) is 17.2 Å². The van der Waals surface area contributed by atoms with Gasteiger partial charge in [-0.25, -0.2) is 0 Å². The average Bonchev–Trinajstić information content (AvgIpc) is 2.34. The van der Waals surface area contributed by atoms with E-state index < -0.39 is 0 Å². The topological polar surface area (TPSA) is 30.8 Å². The molecule has 1 aromatic rings. The second-order valence-electron chi connectivity index (χ2n) is 3.67. The van der Waals surface area contributed by atoms with E-state index in [9.17, 15) is 0 Å². The molecule has 0 atom stereocenters. The molecular formula is C15H15NO2. The molecule has 0 saturated heterocycles. The summed E-state index contributed by atoms with van der Waals surface area (Å²) in [5, 5.41) is 0. The number of benzene rings is 1. The highest BCUT2D eigenvalue weighted by Crippen LogP contribution is 2.32. The highest BCUT2D eigenvalue weighted by molar-refractivity contribution is 5.83. The van der Waals surface area contributed by atoms with E-state index in [2.05, 4.69) is 16.8 Å². The van der Waals surface area contributed by atoms with Crippen LogP contribution in [0.3, 0.4) is 0 Å². The molecule has 0 amide bonds. The second-order valence-corrected chi connectivity index (χ2v) is 3.67. The molecule has 0 aliphatic heterocycles. The summed E-state index contributed by atoms with van der Waals surface area (Å²) in [6, 6.07) is 5.31. The van der Waals surface area contributed by atoms with Gasteiger partial charge in [0.2, 0.25) is 0 Å². The first-order chi connectivity index (χ1) is 8.67. The molecule has 92 valence electrons. The lowest BCUT2D eigenvalue weighted by atomic mass is 10.2. The molecule has 3 heteroatoms. The molecule has 0 saturated carbocycles. The van der Waals surface area contributed by atoms with Crippen LogP contribution in [-0.2, 0) is 0 Å². The van der Waals surface area contributed by atoms with Crippen LogP contribution in [0.5, 0.6) is 11.5 Å². The van der Waals surface area contributed by atoms with E-state index in [1.54, 1.807) is 18.2 Å². The number of hydrogen-bond donors (Lipinski definition) is 0. The van der Waals surface area contributed by atoms with Crippen LogP contribution in [0.2, 0.25) is 0 Å². The molecule has 0 aromatic heterocycles. The summed E-state index contributed by atoms with van der Waals surface area (Å²) in [6.45, 7) is 4.23. The van der Waals surface area contributed by atoms with Crippen LogP contribution in [0.15, 0.2) is 23.2 Å². The van der Waals surface area contributed by atoms with Crippen LogP contribution in [-0.4, -0.2) is 18.9 Å². The number of terminal acetylenes is 2. The van der Waals surface area contributed by atoms with Crippen molar-refractivity contribution in [2.45, 2.75) is 13.8 Å². The first-order valence-electron chi connectivity index (χ1n) is 5.46. The number of rotatable bonds is 5. The normalized spacial score (nSPS) is 8.89. The predicted molar refractivity (Wildman–Crippen MR) is 73.5 cm³/mol. The molecule has 0 spiro atoms. The maximum Gasteiger partial charge on any atom is 0.148 e. The molecule has 0 unspecified atom stereocenters. The van der Waals surface area contributed by atoms with Crippen molar-refractivity contribution in [3.05, 3.63) is 18.2 Å².